The number of aromatic nitrogens is 4. The number of carbonyl (C=O) groups excluding carboxylic acids is 2. The zero-order chi connectivity index (χ0) is 26.3. The number of nitrogens with zero attached hydrogens (tertiary/aromatic N) is 2. The quantitative estimate of drug-likeness (QED) is 0.263. The molecule has 2 N–H and O–H groups in total. The van der Waals surface area contributed by atoms with Crippen molar-refractivity contribution in [2.24, 2.45) is 0 Å². The van der Waals surface area contributed by atoms with E-state index in [2.05, 4.69) is 47.6 Å². The maximum absolute atomic E-state index is 12.2. The Hall–Kier alpha value is -2.98. The molecule has 4 aromatic rings. The molecule has 2 heterocycles. The maximum atomic E-state index is 12.2. The van der Waals surface area contributed by atoms with Crippen molar-refractivity contribution in [2.75, 3.05) is 0 Å². The fraction of sp³-hybridized carbons (Fsp3) is 0.385. The summed E-state index contributed by atoms with van der Waals surface area (Å²) in [5.41, 5.74) is 12.9. The Morgan fingerprint density at radius 1 is 0.583 bits per heavy atom. The third-order valence-corrected chi connectivity index (χ3v) is 8.40. The van der Waals surface area contributed by atoms with Crippen molar-refractivity contribution in [1.82, 2.24) is 19.9 Å². The van der Waals surface area contributed by atoms with Crippen LogP contribution in [0.1, 0.15) is 57.3 Å². The number of nitrogens with one attached hydrogen (secondary N) is 2. The highest BCUT2D eigenvalue weighted by atomic mass is 32.2. The summed E-state index contributed by atoms with van der Waals surface area (Å²) >= 11 is 1.73. The monoisotopic (exact) mass is 526 g/mol. The van der Waals surface area contributed by atoms with E-state index >= 15 is 0 Å². The van der Waals surface area contributed by atoms with Gasteiger partial charge in [-0.15, -0.1) is 0 Å². The van der Waals surface area contributed by atoms with E-state index in [0.717, 1.165) is 68.4 Å². The van der Waals surface area contributed by atoms with E-state index in [0.29, 0.717) is 10.3 Å². The van der Waals surface area contributed by atoms with Crippen LogP contribution in [0, 0.1) is 55.4 Å². The molecule has 0 fully saturated rings. The Bertz CT molecular complexity index is 1320. The van der Waals surface area contributed by atoms with Gasteiger partial charge < -0.3 is 18.3 Å². The zero-order valence-corrected chi connectivity index (χ0v) is 23.4. The fourth-order valence-corrected chi connectivity index (χ4v) is 5.24. The van der Waals surface area contributed by atoms with Crippen LogP contribution in [0.15, 0.2) is 10.3 Å². The highest BCUT2D eigenvalue weighted by molar-refractivity contribution is 7.95. The van der Waals surface area contributed by atoms with Crippen LogP contribution in [-0.2, 0) is 18.0 Å². The normalized spacial score (nSPS) is 11.4. The van der Waals surface area contributed by atoms with Crippen molar-refractivity contribution in [3.05, 3.63) is 44.5 Å². The van der Waals surface area contributed by atoms with E-state index in [-0.39, 0.29) is 12.8 Å². The van der Waals surface area contributed by atoms with Crippen molar-refractivity contribution in [3.8, 4) is 0 Å². The van der Waals surface area contributed by atoms with Gasteiger partial charge in [0.25, 0.3) is 0 Å². The Morgan fingerprint density at radius 2 is 0.917 bits per heavy atom. The molecule has 10 heteroatoms. The molecule has 0 radical (unpaired) electrons. The van der Waals surface area contributed by atoms with Gasteiger partial charge in [0.2, 0.25) is 10.3 Å². The lowest BCUT2D eigenvalue weighted by atomic mass is 9.98. The lowest BCUT2D eigenvalue weighted by molar-refractivity contribution is -0.139. The molecule has 0 saturated heterocycles. The molecule has 0 bridgehead atoms. The number of aromatic amines is 2. The van der Waals surface area contributed by atoms with Crippen molar-refractivity contribution >= 4 is 58.1 Å². The van der Waals surface area contributed by atoms with E-state index in [1.54, 1.807) is 0 Å². The van der Waals surface area contributed by atoms with Gasteiger partial charge in [0.15, 0.2) is 0 Å². The molecule has 0 aliphatic carbocycles. The number of hydrogen-bond acceptors (Lipinski definition) is 8. The first-order chi connectivity index (χ1) is 17.0. The summed E-state index contributed by atoms with van der Waals surface area (Å²) in [6, 6.07) is 0. The summed E-state index contributed by atoms with van der Waals surface area (Å²) in [5, 5.41) is 0.988. The average molecular weight is 527 g/mol. The predicted molar refractivity (Wildman–Crippen MR) is 143 cm³/mol. The van der Waals surface area contributed by atoms with Crippen LogP contribution < -0.4 is 0 Å². The van der Waals surface area contributed by atoms with Crippen LogP contribution >= 0.6 is 24.1 Å². The largest absolute Gasteiger partial charge is 0.383 e. The smallest absolute Gasteiger partial charge is 0.318 e. The number of carbonyl (C=O) groups is 2. The summed E-state index contributed by atoms with van der Waals surface area (Å²) in [7, 11) is 0. The molecule has 2 aromatic carbocycles. The molecule has 0 spiro atoms. The Balaban J connectivity index is 1.30. The summed E-state index contributed by atoms with van der Waals surface area (Å²) in [5.74, 6) is -1.05. The molecule has 0 atom stereocenters. The lowest BCUT2D eigenvalue weighted by Crippen LogP contribution is -2.05. The Labute approximate surface area is 218 Å². The number of imidazole rings is 2. The van der Waals surface area contributed by atoms with Gasteiger partial charge in [0, 0.05) is 0 Å². The van der Waals surface area contributed by atoms with Gasteiger partial charge in [-0.1, -0.05) is 0 Å². The van der Waals surface area contributed by atoms with Crippen LogP contribution in [0.4, 0.5) is 0 Å². The van der Waals surface area contributed by atoms with Crippen LogP contribution in [0.2, 0.25) is 0 Å². The minimum atomic E-state index is -0.524. The molecule has 8 nitrogen and oxygen atoms in total. The number of benzene rings is 2. The van der Waals surface area contributed by atoms with Gasteiger partial charge in [0.05, 0.1) is 34.9 Å². The number of H-pyrrole nitrogens is 2. The highest BCUT2D eigenvalue weighted by Crippen LogP contribution is 2.31. The van der Waals surface area contributed by atoms with Crippen LogP contribution in [-0.4, -0.2) is 31.9 Å². The van der Waals surface area contributed by atoms with E-state index < -0.39 is 11.9 Å². The zero-order valence-electron chi connectivity index (χ0n) is 21.8. The molecule has 0 amide bonds. The molecule has 4 rings (SSSR count). The first kappa shape index (κ1) is 26.1. The van der Waals surface area contributed by atoms with Gasteiger partial charge in [-0.05, 0) is 99.9 Å². The van der Waals surface area contributed by atoms with Gasteiger partial charge in [-0.3, -0.25) is 9.59 Å². The maximum Gasteiger partial charge on any atom is 0.318 e. The minimum absolute atomic E-state index is 0.0976. The Morgan fingerprint density at radius 3 is 1.28 bits per heavy atom. The second-order valence-electron chi connectivity index (χ2n) is 9.11. The summed E-state index contributed by atoms with van der Waals surface area (Å²) in [6.07, 6.45) is -0.195. The second kappa shape index (κ2) is 10.2. The second-order valence-corrected chi connectivity index (χ2v) is 10.5. The molecule has 0 aliphatic heterocycles. The summed E-state index contributed by atoms with van der Waals surface area (Å²) in [4.78, 5) is 40.0. The van der Waals surface area contributed by atoms with Crippen molar-refractivity contribution in [3.63, 3.8) is 0 Å². The minimum Gasteiger partial charge on any atom is -0.383 e. The molecule has 0 unspecified atom stereocenters. The van der Waals surface area contributed by atoms with Crippen molar-refractivity contribution in [1.29, 1.82) is 0 Å². The van der Waals surface area contributed by atoms with Gasteiger partial charge in [0.1, 0.15) is 24.1 Å². The lowest BCUT2D eigenvalue weighted by Gasteiger charge is -2.09. The van der Waals surface area contributed by atoms with Crippen LogP contribution in [0.5, 0.6) is 0 Å². The molecule has 190 valence electrons. The number of aryl methyl sites for hydroxylation is 4. The standard InChI is InChI=1S/C26H30N4O4S2/c1-11-12(2)16(6)22-21(15(11)5)27-25(28-22)35-33-19(31)9-10-20(32)34-36-26-29-23-17(7)13(3)14(4)18(8)24(23)30-26/h9-10H2,1-8H3,(H,27,28)(H,29,30). The molecule has 0 saturated carbocycles. The number of rotatable bonds is 7. The highest BCUT2D eigenvalue weighted by Gasteiger charge is 2.18. The fourth-order valence-electron chi connectivity index (χ4n) is 4.18. The summed E-state index contributed by atoms with van der Waals surface area (Å²) in [6.45, 7) is 16.5. The van der Waals surface area contributed by atoms with E-state index in [9.17, 15) is 9.59 Å². The van der Waals surface area contributed by atoms with Crippen molar-refractivity contribution < 1.29 is 18.0 Å². The topological polar surface area (TPSA) is 110 Å². The first-order valence-electron chi connectivity index (χ1n) is 11.7. The van der Waals surface area contributed by atoms with Gasteiger partial charge in [-0.2, -0.15) is 0 Å². The average Bonchev–Trinajstić information content (AvgIpc) is 3.49. The van der Waals surface area contributed by atoms with Crippen molar-refractivity contribution in [2.45, 2.75) is 78.5 Å². The molecule has 2 aromatic heterocycles. The predicted octanol–water partition coefficient (Wildman–Crippen LogP) is 6.49. The first-order valence-corrected chi connectivity index (χ1v) is 13.1. The van der Waals surface area contributed by atoms with E-state index in [4.69, 9.17) is 8.37 Å². The van der Waals surface area contributed by atoms with Gasteiger partial charge >= 0.3 is 11.9 Å². The Kier molecular flexibility index (Phi) is 7.38. The third kappa shape index (κ3) is 4.84. The van der Waals surface area contributed by atoms with E-state index in [1.807, 2.05) is 27.7 Å². The third-order valence-electron chi connectivity index (χ3n) is 7.16. The van der Waals surface area contributed by atoms with E-state index in [1.165, 1.54) is 22.3 Å². The molecule has 36 heavy (non-hydrogen) atoms. The number of fused-ring (bicyclic) bond motifs is 2. The van der Waals surface area contributed by atoms with Crippen LogP contribution in [0.3, 0.4) is 0 Å². The molecular weight excluding hydrogens is 496 g/mol. The molecular formula is C26H30N4O4S2. The van der Waals surface area contributed by atoms with Crippen LogP contribution in [0.25, 0.3) is 22.1 Å². The SMILES string of the molecule is Cc1c(C)c(C)c2[nH]c(SOC(=O)CCC(=O)OSc3nc4c(C)c(C)c(C)c(C)c4[nH]3)nc2c1C. The summed E-state index contributed by atoms with van der Waals surface area (Å²) < 4.78 is 10.5. The van der Waals surface area contributed by atoms with Gasteiger partial charge in [-0.25, -0.2) is 9.97 Å². The number of hydrogen-bond donors (Lipinski definition) is 2. The molecule has 0 aliphatic rings.